The summed E-state index contributed by atoms with van der Waals surface area (Å²) in [7, 11) is 0. The fourth-order valence-corrected chi connectivity index (χ4v) is 3.69. The quantitative estimate of drug-likeness (QED) is 0.422. The van der Waals surface area contributed by atoms with E-state index in [1.54, 1.807) is 18.6 Å². The second-order valence-corrected chi connectivity index (χ2v) is 7.78. The third kappa shape index (κ3) is 5.03. The van der Waals surface area contributed by atoms with Crippen molar-refractivity contribution in [3.63, 3.8) is 0 Å². The second kappa shape index (κ2) is 9.55. The minimum Gasteiger partial charge on any atom is -0.489 e. The van der Waals surface area contributed by atoms with Crippen LogP contribution in [0.4, 0.5) is 11.6 Å². The smallest absolute Gasteiger partial charge is 0.227 e. The number of anilines is 2. The van der Waals surface area contributed by atoms with Crippen molar-refractivity contribution in [3.8, 4) is 23.8 Å². The molecule has 5 rings (SSSR count). The van der Waals surface area contributed by atoms with Gasteiger partial charge < -0.3 is 20.1 Å². The number of hydrogen-bond donors (Lipinski definition) is 2. The highest BCUT2D eigenvalue weighted by molar-refractivity contribution is 5.83. The van der Waals surface area contributed by atoms with Gasteiger partial charge in [0.15, 0.2) is 0 Å². The third-order valence-corrected chi connectivity index (χ3v) is 5.36. The van der Waals surface area contributed by atoms with E-state index >= 15 is 0 Å². The van der Waals surface area contributed by atoms with Crippen molar-refractivity contribution in [2.45, 2.75) is 19.1 Å². The van der Waals surface area contributed by atoms with Crippen LogP contribution >= 0.6 is 0 Å². The molecule has 164 valence electrons. The van der Waals surface area contributed by atoms with Gasteiger partial charge in [-0.15, -0.1) is 6.42 Å². The van der Waals surface area contributed by atoms with Crippen LogP contribution in [0.1, 0.15) is 17.5 Å². The molecule has 7 heteroatoms. The molecule has 4 aromatic rings. The van der Waals surface area contributed by atoms with Gasteiger partial charge in [0, 0.05) is 53.9 Å². The zero-order valence-corrected chi connectivity index (χ0v) is 18.0. The molecule has 1 aliphatic heterocycles. The molecule has 0 aliphatic carbocycles. The fraction of sp³-hybridized carbons (Fsp3) is 0.192. The molecular weight excluding hydrogens is 414 g/mol. The highest BCUT2D eigenvalue weighted by Gasteiger charge is 2.16. The Balaban J connectivity index is 1.35. The van der Waals surface area contributed by atoms with E-state index in [-0.39, 0.29) is 6.10 Å². The molecule has 3 heterocycles. The summed E-state index contributed by atoms with van der Waals surface area (Å²) in [6.07, 6.45) is 12.2. The summed E-state index contributed by atoms with van der Waals surface area (Å²) >= 11 is 0. The molecule has 7 nitrogen and oxygen atoms in total. The first-order valence-corrected chi connectivity index (χ1v) is 10.8. The van der Waals surface area contributed by atoms with Crippen LogP contribution in [-0.4, -0.2) is 34.1 Å². The molecule has 0 amide bonds. The van der Waals surface area contributed by atoms with Crippen LogP contribution in [0.15, 0.2) is 67.1 Å². The van der Waals surface area contributed by atoms with Gasteiger partial charge in [-0.1, -0.05) is 18.1 Å². The van der Waals surface area contributed by atoms with Crippen molar-refractivity contribution in [2.24, 2.45) is 0 Å². The predicted octanol–water partition coefficient (Wildman–Crippen LogP) is 4.07. The maximum atomic E-state index is 6.05. The van der Waals surface area contributed by atoms with Crippen LogP contribution in [0.3, 0.4) is 0 Å². The normalized spacial score (nSPS) is 15.2. The number of nitrogens with one attached hydrogen (secondary N) is 2. The molecule has 2 aromatic heterocycles. The van der Waals surface area contributed by atoms with Gasteiger partial charge in [0.25, 0.3) is 0 Å². The standard InChI is InChI=1S/C26H23N5O2/c1-2-19-11-20-15-29-26(30-21-6-3-7-22(12-21)33-23-8-10-28-16-23)31-24(20)13-25(19)32-17-18-5-4-9-27-14-18/h1,3-7,9,11-15,23,28H,8,10,16-17H2,(H,29,30,31)/t23-/m1/s1. The topological polar surface area (TPSA) is 81.2 Å². The van der Waals surface area contributed by atoms with Crippen molar-refractivity contribution in [1.29, 1.82) is 0 Å². The van der Waals surface area contributed by atoms with Gasteiger partial charge in [0.2, 0.25) is 5.95 Å². The number of rotatable bonds is 7. The summed E-state index contributed by atoms with van der Waals surface area (Å²) in [6.45, 7) is 2.23. The molecule has 0 radical (unpaired) electrons. The molecular formula is C26H23N5O2. The van der Waals surface area contributed by atoms with E-state index in [0.29, 0.717) is 23.9 Å². The molecule has 2 N–H and O–H groups in total. The number of benzene rings is 2. The van der Waals surface area contributed by atoms with E-state index in [1.165, 1.54) is 0 Å². The van der Waals surface area contributed by atoms with Crippen molar-refractivity contribution in [2.75, 3.05) is 18.4 Å². The monoisotopic (exact) mass is 437 g/mol. The lowest BCUT2D eigenvalue weighted by Gasteiger charge is -2.14. The Morgan fingerprint density at radius 2 is 2.12 bits per heavy atom. The Labute approximate surface area is 192 Å². The van der Waals surface area contributed by atoms with Crippen LogP contribution < -0.4 is 20.1 Å². The van der Waals surface area contributed by atoms with E-state index in [1.807, 2.05) is 48.5 Å². The maximum Gasteiger partial charge on any atom is 0.227 e. The van der Waals surface area contributed by atoms with E-state index < -0.39 is 0 Å². The highest BCUT2D eigenvalue weighted by atomic mass is 16.5. The van der Waals surface area contributed by atoms with E-state index in [9.17, 15) is 0 Å². The maximum absolute atomic E-state index is 6.05. The van der Waals surface area contributed by atoms with E-state index in [0.717, 1.165) is 47.4 Å². The summed E-state index contributed by atoms with van der Waals surface area (Å²) in [4.78, 5) is 13.2. The van der Waals surface area contributed by atoms with Gasteiger partial charge in [-0.25, -0.2) is 9.97 Å². The van der Waals surface area contributed by atoms with Gasteiger partial charge in [-0.2, -0.15) is 0 Å². The first-order chi connectivity index (χ1) is 16.3. The van der Waals surface area contributed by atoms with Gasteiger partial charge >= 0.3 is 0 Å². The molecule has 1 saturated heterocycles. The zero-order chi connectivity index (χ0) is 22.5. The Morgan fingerprint density at radius 3 is 2.94 bits per heavy atom. The summed E-state index contributed by atoms with van der Waals surface area (Å²) in [5, 5.41) is 7.41. The number of pyridine rings is 1. The zero-order valence-electron chi connectivity index (χ0n) is 18.0. The molecule has 0 saturated carbocycles. The predicted molar refractivity (Wildman–Crippen MR) is 128 cm³/mol. The summed E-state index contributed by atoms with van der Waals surface area (Å²) in [6, 6.07) is 15.4. The summed E-state index contributed by atoms with van der Waals surface area (Å²) < 4.78 is 12.0. The van der Waals surface area contributed by atoms with Crippen molar-refractivity contribution < 1.29 is 9.47 Å². The molecule has 1 aliphatic rings. The molecule has 33 heavy (non-hydrogen) atoms. The second-order valence-electron chi connectivity index (χ2n) is 7.78. The molecule has 1 fully saturated rings. The lowest BCUT2D eigenvalue weighted by atomic mass is 10.1. The molecule has 0 unspecified atom stereocenters. The average molecular weight is 438 g/mol. The Morgan fingerprint density at radius 1 is 1.15 bits per heavy atom. The number of nitrogens with zero attached hydrogens (tertiary/aromatic N) is 3. The van der Waals surface area contributed by atoms with Crippen LogP contribution in [0.2, 0.25) is 0 Å². The first kappa shape index (κ1) is 20.7. The van der Waals surface area contributed by atoms with Crippen molar-refractivity contribution >= 4 is 22.5 Å². The van der Waals surface area contributed by atoms with Gasteiger partial charge in [-0.3, -0.25) is 4.98 Å². The number of aromatic nitrogens is 3. The van der Waals surface area contributed by atoms with E-state index in [4.69, 9.17) is 15.9 Å². The third-order valence-electron chi connectivity index (χ3n) is 5.36. The summed E-state index contributed by atoms with van der Waals surface area (Å²) in [5.74, 6) is 4.58. The van der Waals surface area contributed by atoms with Crippen molar-refractivity contribution in [1.82, 2.24) is 20.3 Å². The molecule has 1 atom stereocenters. The Hall–Kier alpha value is -4.15. The minimum atomic E-state index is 0.201. The molecule has 0 spiro atoms. The number of fused-ring (bicyclic) bond motifs is 1. The highest BCUT2D eigenvalue weighted by Crippen LogP contribution is 2.27. The van der Waals surface area contributed by atoms with Crippen LogP contribution in [0.5, 0.6) is 11.5 Å². The number of terminal acetylenes is 1. The molecule has 0 bridgehead atoms. The first-order valence-electron chi connectivity index (χ1n) is 10.8. The minimum absolute atomic E-state index is 0.201. The number of ether oxygens (including phenoxy) is 2. The van der Waals surface area contributed by atoms with Crippen LogP contribution in [0, 0.1) is 12.3 Å². The van der Waals surface area contributed by atoms with Gasteiger partial charge in [-0.05, 0) is 37.2 Å². The Kier molecular flexibility index (Phi) is 6.00. The van der Waals surface area contributed by atoms with Crippen LogP contribution in [0.25, 0.3) is 10.9 Å². The average Bonchev–Trinajstić information content (AvgIpc) is 3.36. The van der Waals surface area contributed by atoms with Gasteiger partial charge in [0.1, 0.15) is 24.2 Å². The van der Waals surface area contributed by atoms with E-state index in [2.05, 4.69) is 31.5 Å². The van der Waals surface area contributed by atoms with Crippen LogP contribution in [-0.2, 0) is 6.61 Å². The van der Waals surface area contributed by atoms with Crippen molar-refractivity contribution in [3.05, 3.63) is 78.2 Å². The molecule has 2 aromatic carbocycles. The Bertz CT molecular complexity index is 1300. The SMILES string of the molecule is C#Cc1cc2cnc(Nc3cccc(O[C@@H]4CCNC4)c3)nc2cc1OCc1cccnc1. The van der Waals surface area contributed by atoms with Gasteiger partial charge in [0.05, 0.1) is 11.1 Å². The summed E-state index contributed by atoms with van der Waals surface area (Å²) in [5.41, 5.74) is 3.20. The number of hydrogen-bond acceptors (Lipinski definition) is 7. The largest absolute Gasteiger partial charge is 0.489 e. The fourth-order valence-electron chi connectivity index (χ4n) is 3.69. The lowest BCUT2D eigenvalue weighted by Crippen LogP contribution is -2.19. The lowest BCUT2D eigenvalue weighted by molar-refractivity contribution is 0.223.